The quantitative estimate of drug-likeness (QED) is 0.162. The van der Waals surface area contributed by atoms with Gasteiger partial charge in [0.25, 0.3) is 0 Å². The van der Waals surface area contributed by atoms with Crippen molar-refractivity contribution in [3.8, 4) is 45.3 Å². The second-order valence-corrected chi connectivity index (χ2v) is 14.3. The van der Waals surface area contributed by atoms with Crippen molar-refractivity contribution >= 4 is 21.9 Å². The van der Waals surface area contributed by atoms with Crippen LogP contribution in [-0.2, 0) is 46.7 Å². The van der Waals surface area contributed by atoms with Gasteiger partial charge in [-0.25, -0.2) is 16.1 Å². The molecule has 0 fully saturated rings. The van der Waals surface area contributed by atoms with Gasteiger partial charge in [0.05, 0.1) is 11.1 Å². The zero-order valence-electron chi connectivity index (χ0n) is 28.9. The van der Waals surface area contributed by atoms with E-state index in [1.54, 1.807) is 0 Å². The van der Waals surface area contributed by atoms with E-state index in [1.807, 2.05) is 54.7 Å². The van der Waals surface area contributed by atoms with E-state index in [0.717, 1.165) is 75.7 Å². The molecule has 3 aromatic heterocycles. The van der Waals surface area contributed by atoms with Crippen molar-refractivity contribution in [1.82, 2.24) is 9.97 Å². The van der Waals surface area contributed by atoms with Gasteiger partial charge in [-0.2, -0.15) is 30.3 Å². The van der Waals surface area contributed by atoms with Crippen LogP contribution in [0, 0.1) is 31.4 Å². The van der Waals surface area contributed by atoms with E-state index < -0.39 is 0 Å². The van der Waals surface area contributed by atoms with Crippen LogP contribution in [0.25, 0.3) is 55.6 Å². The zero-order chi connectivity index (χ0) is 34.1. The van der Waals surface area contributed by atoms with Crippen LogP contribution >= 0.6 is 0 Å². The van der Waals surface area contributed by atoms with Crippen LogP contribution < -0.4 is 4.74 Å². The van der Waals surface area contributed by atoms with Crippen molar-refractivity contribution in [2.75, 3.05) is 0 Å². The fourth-order valence-corrected chi connectivity index (χ4v) is 8.73. The molecule has 0 radical (unpaired) electrons. The molecular formula is C47H34N2O2Pt. The second-order valence-electron chi connectivity index (χ2n) is 14.3. The van der Waals surface area contributed by atoms with E-state index in [-0.39, 0.29) is 26.5 Å². The number of hydrogen-bond acceptors (Lipinski definition) is 4. The maximum absolute atomic E-state index is 6.69. The number of hydrogen-bond donors (Lipinski definition) is 0. The molecule has 3 heterocycles. The molecule has 5 aromatic carbocycles. The fourth-order valence-electron chi connectivity index (χ4n) is 8.73. The third-order valence-electron chi connectivity index (χ3n) is 10.9. The standard InChI is InChI=1S/C47H34N2O2.Pt/c1-29-10-8-11-30(2)43(29)36-22-35(31-12-4-3-5-13-31)23-37(24-36)50-42-17-9-16-40(49-42)45-44-38-19-18-34-27-47(25-32-14-6-7-15-33(32)26-47)28-39(34)46(38)51-41(44)20-21-48-45;/h3-12,14-22,24H,25-28H2,1-2H3;/q-2;+2. The second kappa shape index (κ2) is 12.7. The van der Waals surface area contributed by atoms with Crippen molar-refractivity contribution in [3.63, 3.8) is 0 Å². The van der Waals surface area contributed by atoms with Crippen LogP contribution in [0.1, 0.15) is 33.4 Å². The smallest absolute Gasteiger partial charge is 0.460 e. The Morgan fingerprint density at radius 1 is 0.731 bits per heavy atom. The van der Waals surface area contributed by atoms with Gasteiger partial charge in [0.15, 0.2) is 0 Å². The van der Waals surface area contributed by atoms with Crippen molar-refractivity contribution in [3.05, 3.63) is 167 Å². The molecule has 1 spiro atoms. The van der Waals surface area contributed by atoms with E-state index in [0.29, 0.717) is 11.6 Å². The first-order valence-corrected chi connectivity index (χ1v) is 17.7. The summed E-state index contributed by atoms with van der Waals surface area (Å²) in [5.74, 6) is 1.06. The normalized spacial score (nSPS) is 14.0. The average Bonchev–Trinajstić information content (AvgIpc) is 3.83. The van der Waals surface area contributed by atoms with Gasteiger partial charge in [0, 0.05) is 23.4 Å². The SMILES string of the molecule is Cc1cccc(C)c1-c1cc(Oc2cccc(-c3nccc4oc5c6c(ccc5c34)CC3(Cc4ccccc4C3)C6)n2)[c-]c(-c2[c-]cccc2)c1.[Pt+2]. The van der Waals surface area contributed by atoms with Crippen LogP contribution in [0.3, 0.4) is 0 Å². The molecule has 2 aliphatic carbocycles. The molecule has 52 heavy (non-hydrogen) atoms. The molecule has 0 unspecified atom stereocenters. The van der Waals surface area contributed by atoms with E-state index in [4.69, 9.17) is 19.1 Å². The number of nitrogens with zero attached hydrogens (tertiary/aromatic N) is 2. The monoisotopic (exact) mass is 853 g/mol. The van der Waals surface area contributed by atoms with Crippen LogP contribution in [0.5, 0.6) is 11.6 Å². The molecule has 0 aliphatic heterocycles. The Balaban J connectivity index is 0.00000360. The summed E-state index contributed by atoms with van der Waals surface area (Å²) in [5.41, 5.74) is 15.8. The molecule has 0 N–H and O–H groups in total. The van der Waals surface area contributed by atoms with Crippen molar-refractivity contribution < 1.29 is 30.2 Å². The molecule has 10 rings (SSSR count). The van der Waals surface area contributed by atoms with E-state index in [9.17, 15) is 0 Å². The Hall–Kier alpha value is -5.31. The number of benzene rings is 5. The maximum atomic E-state index is 6.69. The molecule has 8 aromatic rings. The molecular weight excluding hydrogens is 820 g/mol. The predicted molar refractivity (Wildman–Crippen MR) is 203 cm³/mol. The Morgan fingerprint density at radius 2 is 1.50 bits per heavy atom. The fraction of sp³-hybridized carbons (Fsp3) is 0.149. The molecule has 0 bridgehead atoms. The van der Waals surface area contributed by atoms with Gasteiger partial charge in [-0.3, -0.25) is 4.98 Å². The summed E-state index contributed by atoms with van der Waals surface area (Å²) in [4.78, 5) is 9.89. The van der Waals surface area contributed by atoms with E-state index in [2.05, 4.69) is 92.7 Å². The minimum absolute atomic E-state index is 0. The number of furan rings is 1. The maximum Gasteiger partial charge on any atom is 2.00 e. The van der Waals surface area contributed by atoms with E-state index >= 15 is 0 Å². The molecule has 0 amide bonds. The largest absolute Gasteiger partial charge is 2.00 e. The molecule has 4 nitrogen and oxygen atoms in total. The Labute approximate surface area is 317 Å². The topological polar surface area (TPSA) is 48.2 Å². The molecule has 0 atom stereocenters. The number of aromatic nitrogens is 2. The van der Waals surface area contributed by atoms with Crippen LogP contribution in [-0.4, -0.2) is 9.97 Å². The van der Waals surface area contributed by atoms with Crippen molar-refractivity contribution in [1.29, 1.82) is 0 Å². The minimum atomic E-state index is 0. The first-order valence-electron chi connectivity index (χ1n) is 17.7. The van der Waals surface area contributed by atoms with Gasteiger partial charge in [-0.15, -0.1) is 17.7 Å². The summed E-state index contributed by atoms with van der Waals surface area (Å²) in [5, 5.41) is 2.08. The zero-order valence-corrected chi connectivity index (χ0v) is 31.2. The van der Waals surface area contributed by atoms with Gasteiger partial charge in [0.2, 0.25) is 5.88 Å². The average molecular weight is 854 g/mol. The summed E-state index contributed by atoms with van der Waals surface area (Å²) in [6.07, 6.45) is 6.17. The predicted octanol–water partition coefficient (Wildman–Crippen LogP) is 11.3. The van der Waals surface area contributed by atoms with Gasteiger partial charge < -0.3 is 9.15 Å². The van der Waals surface area contributed by atoms with Gasteiger partial charge in [-0.1, -0.05) is 66.7 Å². The molecule has 2 aliphatic rings. The molecule has 5 heteroatoms. The minimum Gasteiger partial charge on any atom is -0.460 e. The third-order valence-corrected chi connectivity index (χ3v) is 10.9. The summed E-state index contributed by atoms with van der Waals surface area (Å²) < 4.78 is 13.2. The summed E-state index contributed by atoms with van der Waals surface area (Å²) in [6.45, 7) is 4.29. The molecule has 0 saturated heterocycles. The molecule has 0 saturated carbocycles. The van der Waals surface area contributed by atoms with Gasteiger partial charge in [0.1, 0.15) is 16.9 Å². The molecule has 254 valence electrons. The summed E-state index contributed by atoms with van der Waals surface area (Å²) >= 11 is 0. The van der Waals surface area contributed by atoms with Crippen LogP contribution in [0.15, 0.2) is 126 Å². The Bertz CT molecular complexity index is 2610. The number of ether oxygens (including phenoxy) is 1. The Kier molecular flexibility index (Phi) is 7.97. The number of aryl methyl sites for hydroxylation is 2. The Morgan fingerprint density at radius 3 is 2.29 bits per heavy atom. The van der Waals surface area contributed by atoms with E-state index in [1.165, 1.54) is 38.9 Å². The van der Waals surface area contributed by atoms with Crippen molar-refractivity contribution in [2.45, 2.75) is 39.5 Å². The number of rotatable bonds is 5. The first kappa shape index (κ1) is 32.6. The number of fused-ring (bicyclic) bond motifs is 6. The summed E-state index contributed by atoms with van der Waals surface area (Å²) in [7, 11) is 0. The van der Waals surface area contributed by atoms with Crippen LogP contribution in [0.2, 0.25) is 0 Å². The van der Waals surface area contributed by atoms with Gasteiger partial charge >= 0.3 is 21.1 Å². The van der Waals surface area contributed by atoms with Crippen LogP contribution in [0.4, 0.5) is 0 Å². The number of pyridine rings is 2. The summed E-state index contributed by atoms with van der Waals surface area (Å²) in [6, 6.07) is 46.7. The van der Waals surface area contributed by atoms with Crippen molar-refractivity contribution in [2.24, 2.45) is 5.41 Å². The first-order chi connectivity index (χ1) is 25.0. The van der Waals surface area contributed by atoms with Gasteiger partial charge in [-0.05, 0) is 96.0 Å². The third kappa shape index (κ3) is 5.49.